The molecule has 0 aliphatic carbocycles. The van der Waals surface area contributed by atoms with Crippen LogP contribution in [0.2, 0.25) is 0 Å². The number of carbonyl (C=O) groups excluding carboxylic acids is 1. The van der Waals surface area contributed by atoms with Crippen LogP contribution in [0.25, 0.3) is 0 Å². The van der Waals surface area contributed by atoms with Crippen LogP contribution in [-0.2, 0) is 25.8 Å². The lowest BCUT2D eigenvalue weighted by molar-refractivity contribution is -0.109. The summed E-state index contributed by atoms with van der Waals surface area (Å²) in [6.45, 7) is 1.67. The lowest BCUT2D eigenvalue weighted by Gasteiger charge is -2.18. The molecule has 0 unspecified atom stereocenters. The highest BCUT2D eigenvalue weighted by atomic mass is 32.2. The van der Waals surface area contributed by atoms with E-state index in [9.17, 15) is 18.0 Å². The molecule has 4 nitrogen and oxygen atoms in total. The van der Waals surface area contributed by atoms with Gasteiger partial charge in [-0.2, -0.15) is 13.2 Å². The molecule has 0 saturated carbocycles. The van der Waals surface area contributed by atoms with E-state index in [0.717, 1.165) is 0 Å². The van der Waals surface area contributed by atoms with Gasteiger partial charge < -0.3 is 4.55 Å². The van der Waals surface area contributed by atoms with E-state index in [4.69, 9.17) is 13.0 Å². The standard InChI is InChI=1S/C8H15OS2.CHF3O3S/c1-7(9)10-8-3-5-11(2)6-4-8;2-1(3,4)8(5,6)7/h8H,3-6H2,1-2H3;(H,5,6,7)/q+1;/p-1. The highest BCUT2D eigenvalue weighted by molar-refractivity contribution is 8.14. The smallest absolute Gasteiger partial charge is 0.485 e. The van der Waals surface area contributed by atoms with Gasteiger partial charge in [-0.3, -0.25) is 4.79 Å². The van der Waals surface area contributed by atoms with Crippen molar-refractivity contribution in [3.63, 3.8) is 0 Å². The third-order valence-electron chi connectivity index (χ3n) is 2.19. The van der Waals surface area contributed by atoms with Crippen LogP contribution in [0.5, 0.6) is 0 Å². The highest BCUT2D eigenvalue weighted by Crippen LogP contribution is 2.24. The van der Waals surface area contributed by atoms with Crippen LogP contribution in [-0.4, -0.2) is 46.6 Å². The first-order chi connectivity index (χ1) is 8.43. The second kappa shape index (κ2) is 7.75. The van der Waals surface area contributed by atoms with E-state index in [1.807, 2.05) is 0 Å². The summed E-state index contributed by atoms with van der Waals surface area (Å²) in [5, 5.41) is 0.920. The topological polar surface area (TPSA) is 74.3 Å². The molecule has 0 N–H and O–H groups in total. The molecule has 0 spiro atoms. The van der Waals surface area contributed by atoms with Crippen molar-refractivity contribution in [1.29, 1.82) is 0 Å². The number of hydrogen-bond donors (Lipinski definition) is 0. The monoisotopic (exact) mass is 340 g/mol. The molecule has 1 saturated heterocycles. The summed E-state index contributed by atoms with van der Waals surface area (Å²) in [6, 6.07) is 0. The Kier molecular flexibility index (Phi) is 7.78. The van der Waals surface area contributed by atoms with Gasteiger partial charge in [0.15, 0.2) is 15.2 Å². The molecule has 0 bridgehead atoms. The van der Waals surface area contributed by atoms with Gasteiger partial charge in [-0.1, -0.05) is 11.8 Å². The Morgan fingerprint density at radius 1 is 1.32 bits per heavy atom. The van der Waals surface area contributed by atoms with Crippen molar-refractivity contribution in [2.75, 3.05) is 17.8 Å². The van der Waals surface area contributed by atoms with Gasteiger partial charge in [0.25, 0.3) is 0 Å². The van der Waals surface area contributed by atoms with Crippen molar-refractivity contribution in [3.8, 4) is 0 Å². The predicted octanol–water partition coefficient (Wildman–Crippen LogP) is 1.73. The molecule has 0 aromatic heterocycles. The van der Waals surface area contributed by atoms with Crippen LogP contribution in [0, 0.1) is 0 Å². The first kappa shape index (κ1) is 19.1. The summed E-state index contributed by atoms with van der Waals surface area (Å²) in [4.78, 5) is 10.8. The summed E-state index contributed by atoms with van der Waals surface area (Å²) < 4.78 is 58.9. The summed E-state index contributed by atoms with van der Waals surface area (Å²) in [5.41, 5.74) is -5.65. The Hall–Kier alpha value is 0.0700. The molecule has 10 heteroatoms. The van der Waals surface area contributed by atoms with Crippen LogP contribution in [0.15, 0.2) is 0 Å². The third kappa shape index (κ3) is 8.77. The van der Waals surface area contributed by atoms with Crippen molar-refractivity contribution in [3.05, 3.63) is 0 Å². The zero-order chi connectivity index (χ0) is 15.3. The Morgan fingerprint density at radius 3 is 1.95 bits per heavy atom. The SMILES string of the molecule is CC(=O)SC1CC[S+](C)CC1.O=S(=O)([O-])C(F)(F)F. The van der Waals surface area contributed by atoms with E-state index < -0.39 is 15.6 Å². The van der Waals surface area contributed by atoms with Crippen LogP contribution in [0.1, 0.15) is 19.8 Å². The highest BCUT2D eigenvalue weighted by Gasteiger charge is 2.36. The predicted molar refractivity (Wildman–Crippen MR) is 70.1 cm³/mol. The quantitative estimate of drug-likeness (QED) is 0.413. The van der Waals surface area contributed by atoms with Crippen LogP contribution in [0.4, 0.5) is 13.2 Å². The summed E-state index contributed by atoms with van der Waals surface area (Å²) in [7, 11) is -5.44. The molecule has 0 atom stereocenters. The number of thioether (sulfide) groups is 1. The second-order valence-electron chi connectivity index (χ2n) is 3.90. The first-order valence-electron chi connectivity index (χ1n) is 5.22. The lowest BCUT2D eigenvalue weighted by atomic mass is 10.2. The number of halogens is 3. The molecular weight excluding hydrogens is 325 g/mol. The fourth-order valence-corrected chi connectivity index (χ4v) is 4.08. The number of alkyl halides is 3. The number of carbonyl (C=O) groups is 1. The minimum atomic E-state index is -6.09. The largest absolute Gasteiger partial charge is 0.741 e. The lowest BCUT2D eigenvalue weighted by Crippen LogP contribution is -2.24. The second-order valence-corrected chi connectivity index (χ2v) is 9.13. The molecule has 0 radical (unpaired) electrons. The molecular formula is C9H15F3O4S3. The van der Waals surface area contributed by atoms with Crippen LogP contribution >= 0.6 is 11.8 Å². The molecule has 1 aliphatic rings. The van der Waals surface area contributed by atoms with Gasteiger partial charge in [-0.05, 0) is 10.9 Å². The van der Waals surface area contributed by atoms with Crippen LogP contribution in [0.3, 0.4) is 0 Å². The zero-order valence-corrected chi connectivity index (χ0v) is 12.8. The molecule has 0 aromatic rings. The van der Waals surface area contributed by atoms with E-state index >= 15 is 0 Å². The van der Waals surface area contributed by atoms with E-state index in [1.165, 1.54) is 24.3 Å². The molecule has 0 aromatic carbocycles. The van der Waals surface area contributed by atoms with Gasteiger partial charge in [-0.25, -0.2) is 8.42 Å². The minimum absolute atomic E-state index is 0.285. The zero-order valence-electron chi connectivity index (χ0n) is 10.4. The average Bonchev–Trinajstić information content (AvgIpc) is 2.18. The van der Waals surface area contributed by atoms with Gasteiger partial charge in [-0.15, -0.1) is 0 Å². The number of hydrogen-bond acceptors (Lipinski definition) is 5. The Balaban J connectivity index is 0.000000362. The molecule has 1 heterocycles. The third-order valence-corrected chi connectivity index (χ3v) is 5.76. The Morgan fingerprint density at radius 2 is 1.68 bits per heavy atom. The molecule has 1 rings (SSSR count). The van der Waals surface area contributed by atoms with E-state index in [1.54, 1.807) is 18.7 Å². The van der Waals surface area contributed by atoms with Crippen LogP contribution < -0.4 is 0 Å². The van der Waals surface area contributed by atoms with Crippen molar-refractivity contribution in [1.82, 2.24) is 0 Å². The maximum Gasteiger partial charge on any atom is 0.485 e. The average molecular weight is 340 g/mol. The molecule has 1 fully saturated rings. The fourth-order valence-electron chi connectivity index (χ4n) is 1.26. The van der Waals surface area contributed by atoms with Gasteiger partial charge >= 0.3 is 5.51 Å². The van der Waals surface area contributed by atoms with Crippen molar-refractivity contribution < 1.29 is 30.9 Å². The van der Waals surface area contributed by atoms with E-state index in [0.29, 0.717) is 16.1 Å². The van der Waals surface area contributed by atoms with Gasteiger partial charge in [0.1, 0.15) is 11.5 Å². The van der Waals surface area contributed by atoms with Crippen molar-refractivity contribution in [2.24, 2.45) is 0 Å². The van der Waals surface area contributed by atoms with Gasteiger partial charge in [0.2, 0.25) is 0 Å². The molecule has 19 heavy (non-hydrogen) atoms. The summed E-state index contributed by atoms with van der Waals surface area (Å²) in [6.07, 6.45) is 4.84. The Bertz CT molecular complexity index is 386. The maximum absolute atomic E-state index is 10.8. The van der Waals surface area contributed by atoms with Crippen molar-refractivity contribution >= 4 is 37.9 Å². The van der Waals surface area contributed by atoms with Gasteiger partial charge in [0, 0.05) is 25.0 Å². The fraction of sp³-hybridized carbons (Fsp3) is 0.889. The molecule has 1 aliphatic heterocycles. The number of rotatable bonds is 1. The Labute approximate surface area is 117 Å². The summed E-state index contributed by atoms with van der Waals surface area (Å²) in [5.74, 6) is 2.68. The summed E-state index contributed by atoms with van der Waals surface area (Å²) >= 11 is 1.54. The van der Waals surface area contributed by atoms with E-state index in [2.05, 4.69) is 6.26 Å². The maximum atomic E-state index is 10.8. The normalized spacial score (nSPS) is 24.3. The van der Waals surface area contributed by atoms with E-state index in [-0.39, 0.29) is 5.12 Å². The molecule has 114 valence electrons. The van der Waals surface area contributed by atoms with Gasteiger partial charge in [0.05, 0.1) is 6.26 Å². The minimum Gasteiger partial charge on any atom is -0.741 e. The first-order valence-corrected chi connectivity index (χ1v) is 9.48. The molecule has 0 amide bonds. The van der Waals surface area contributed by atoms with Crippen molar-refractivity contribution in [2.45, 2.75) is 30.5 Å².